The summed E-state index contributed by atoms with van der Waals surface area (Å²) in [6.45, 7) is 4.09. The minimum absolute atomic E-state index is 0.710. The highest BCUT2D eigenvalue weighted by atomic mass is 31.2. The van der Waals surface area contributed by atoms with E-state index in [4.69, 9.17) is 9.79 Å². The zero-order chi connectivity index (χ0) is 15.5. The molecule has 2 N–H and O–H groups in total. The molecule has 0 saturated heterocycles. The Labute approximate surface area is 127 Å². The molecule has 1 saturated carbocycles. The summed E-state index contributed by atoms with van der Waals surface area (Å²) in [5.74, 6) is 1.73. The van der Waals surface area contributed by atoms with Gasteiger partial charge in [0.1, 0.15) is 0 Å². The molecule has 3 nitrogen and oxygen atoms in total. The molecule has 0 amide bonds. The minimum atomic E-state index is -4.11. The number of rotatable bonds is 4. The van der Waals surface area contributed by atoms with Crippen LogP contribution in [0.3, 0.4) is 0 Å². The molecule has 1 aromatic rings. The van der Waals surface area contributed by atoms with Crippen LogP contribution in [-0.2, 0) is 11.0 Å². The van der Waals surface area contributed by atoms with Crippen molar-refractivity contribution >= 4 is 13.7 Å². The Morgan fingerprint density at radius 3 is 2.48 bits per heavy atom. The third-order valence-electron chi connectivity index (χ3n) is 4.29. The Balaban J connectivity index is 2.29. The topological polar surface area (TPSA) is 57.5 Å². The van der Waals surface area contributed by atoms with Gasteiger partial charge in [-0.05, 0) is 49.0 Å². The van der Waals surface area contributed by atoms with Crippen LogP contribution >= 0.6 is 7.60 Å². The van der Waals surface area contributed by atoms with Crippen molar-refractivity contribution in [2.45, 2.75) is 52.4 Å². The van der Waals surface area contributed by atoms with Crippen molar-refractivity contribution in [2.75, 3.05) is 0 Å². The number of hydrogen-bond donors (Lipinski definition) is 2. The van der Waals surface area contributed by atoms with Crippen molar-refractivity contribution in [1.82, 2.24) is 0 Å². The van der Waals surface area contributed by atoms with E-state index < -0.39 is 7.60 Å². The van der Waals surface area contributed by atoms with E-state index in [9.17, 15) is 4.57 Å². The summed E-state index contributed by atoms with van der Waals surface area (Å²) in [6.07, 6.45) is 9.13. The highest BCUT2D eigenvalue weighted by molar-refractivity contribution is 7.55. The van der Waals surface area contributed by atoms with Crippen molar-refractivity contribution in [3.05, 3.63) is 40.2 Å². The predicted molar refractivity (Wildman–Crippen MR) is 87.3 cm³/mol. The zero-order valence-electron chi connectivity index (χ0n) is 12.9. The van der Waals surface area contributed by atoms with E-state index in [1.165, 1.54) is 43.2 Å². The summed E-state index contributed by atoms with van der Waals surface area (Å²) in [4.78, 5) is 18.1. The summed E-state index contributed by atoms with van der Waals surface area (Å²) in [5.41, 5.74) is 4.51. The second kappa shape index (κ2) is 6.91. The lowest BCUT2D eigenvalue weighted by Crippen LogP contribution is -2.10. The standard InChI is InChI=1S/C17H25O3P/c1-13-10-14(2)17(8-9-21(18,19)20)16(11-13)12-15-6-4-3-5-7-15/h8-11,15H,3-7,12H2,1-2H3,(H2,18,19,20). The summed E-state index contributed by atoms with van der Waals surface area (Å²) in [5, 5.41) is 0. The lowest BCUT2D eigenvalue weighted by Gasteiger charge is -2.23. The molecule has 0 aromatic heterocycles. The highest BCUT2D eigenvalue weighted by Gasteiger charge is 2.16. The third kappa shape index (κ3) is 5.10. The molecule has 0 bridgehead atoms. The number of hydrogen-bond acceptors (Lipinski definition) is 1. The average molecular weight is 308 g/mol. The lowest BCUT2D eigenvalue weighted by atomic mass is 9.83. The number of aryl methyl sites for hydroxylation is 2. The van der Waals surface area contributed by atoms with Gasteiger partial charge in [-0.25, -0.2) is 0 Å². The quantitative estimate of drug-likeness (QED) is 0.801. The fourth-order valence-corrected chi connectivity index (χ4v) is 3.69. The molecule has 0 spiro atoms. The van der Waals surface area contributed by atoms with E-state index in [-0.39, 0.29) is 0 Å². The van der Waals surface area contributed by atoms with Crippen molar-refractivity contribution in [1.29, 1.82) is 0 Å². The van der Waals surface area contributed by atoms with E-state index in [0.29, 0.717) is 5.92 Å². The molecule has 0 radical (unpaired) electrons. The third-order valence-corrected chi connectivity index (χ3v) is 4.82. The predicted octanol–water partition coefficient (Wildman–Crippen LogP) is 4.57. The van der Waals surface area contributed by atoms with E-state index in [1.54, 1.807) is 6.08 Å². The van der Waals surface area contributed by atoms with Gasteiger partial charge >= 0.3 is 7.60 Å². The van der Waals surface area contributed by atoms with Gasteiger partial charge < -0.3 is 9.79 Å². The molecule has 0 aliphatic heterocycles. The Kier molecular flexibility index (Phi) is 5.43. The number of benzene rings is 1. The van der Waals surface area contributed by atoms with Crippen molar-refractivity contribution in [3.63, 3.8) is 0 Å². The largest absolute Gasteiger partial charge is 0.349 e. The average Bonchev–Trinajstić information content (AvgIpc) is 2.37. The van der Waals surface area contributed by atoms with Gasteiger partial charge in [-0.15, -0.1) is 0 Å². The van der Waals surface area contributed by atoms with Gasteiger partial charge in [0.15, 0.2) is 0 Å². The first-order chi connectivity index (χ1) is 9.85. The van der Waals surface area contributed by atoms with Crippen molar-refractivity contribution < 1.29 is 14.4 Å². The smallest absolute Gasteiger partial charge is 0.321 e. The molecular weight excluding hydrogens is 283 g/mol. The molecule has 1 aliphatic rings. The fraction of sp³-hybridized carbons (Fsp3) is 0.529. The summed E-state index contributed by atoms with van der Waals surface area (Å²) >= 11 is 0. The van der Waals surface area contributed by atoms with Crippen LogP contribution in [0.15, 0.2) is 17.9 Å². The van der Waals surface area contributed by atoms with Crippen LogP contribution in [0.1, 0.15) is 54.4 Å². The molecule has 1 fully saturated rings. The lowest BCUT2D eigenvalue weighted by molar-refractivity contribution is 0.356. The van der Waals surface area contributed by atoms with E-state index in [0.717, 1.165) is 23.4 Å². The first-order valence-electron chi connectivity index (χ1n) is 7.70. The Morgan fingerprint density at radius 1 is 1.19 bits per heavy atom. The van der Waals surface area contributed by atoms with Crippen LogP contribution < -0.4 is 0 Å². The van der Waals surface area contributed by atoms with Gasteiger partial charge in [0, 0.05) is 5.82 Å². The second-order valence-electron chi connectivity index (χ2n) is 6.27. The molecule has 4 heteroatoms. The monoisotopic (exact) mass is 308 g/mol. The molecule has 116 valence electrons. The maximum absolute atomic E-state index is 11.1. The molecule has 0 heterocycles. The molecule has 0 atom stereocenters. The zero-order valence-corrected chi connectivity index (χ0v) is 13.8. The highest BCUT2D eigenvalue weighted by Crippen LogP contribution is 2.38. The van der Waals surface area contributed by atoms with Crippen molar-refractivity contribution in [3.8, 4) is 0 Å². The molecule has 2 rings (SSSR count). The minimum Gasteiger partial charge on any atom is -0.321 e. The normalized spacial score (nSPS) is 17.5. The van der Waals surface area contributed by atoms with Crippen LogP contribution in [0.5, 0.6) is 0 Å². The Bertz CT molecular complexity index is 566. The van der Waals surface area contributed by atoms with Crippen LogP contribution in [0, 0.1) is 19.8 Å². The van der Waals surface area contributed by atoms with Gasteiger partial charge in [-0.3, -0.25) is 4.57 Å². The van der Waals surface area contributed by atoms with Gasteiger partial charge in [0.25, 0.3) is 0 Å². The van der Waals surface area contributed by atoms with Gasteiger partial charge in [-0.2, -0.15) is 0 Å². The fourth-order valence-electron chi connectivity index (χ4n) is 3.35. The summed E-state index contributed by atoms with van der Waals surface area (Å²) < 4.78 is 11.1. The van der Waals surface area contributed by atoms with E-state index in [1.807, 2.05) is 6.92 Å². The van der Waals surface area contributed by atoms with Crippen LogP contribution in [0.25, 0.3) is 6.08 Å². The molecule has 1 aromatic carbocycles. The summed E-state index contributed by atoms with van der Waals surface area (Å²) in [6, 6.07) is 4.24. The van der Waals surface area contributed by atoms with Crippen LogP contribution in [-0.4, -0.2) is 9.79 Å². The first kappa shape index (κ1) is 16.5. The van der Waals surface area contributed by atoms with E-state index in [2.05, 4.69) is 19.1 Å². The second-order valence-corrected chi connectivity index (χ2v) is 7.74. The van der Waals surface area contributed by atoms with Crippen molar-refractivity contribution in [2.24, 2.45) is 5.92 Å². The molecule has 1 aliphatic carbocycles. The van der Waals surface area contributed by atoms with Gasteiger partial charge in [0.2, 0.25) is 0 Å². The Hall–Kier alpha value is -0.890. The summed E-state index contributed by atoms with van der Waals surface area (Å²) in [7, 11) is -4.11. The van der Waals surface area contributed by atoms with Crippen LogP contribution in [0.4, 0.5) is 0 Å². The SMILES string of the molecule is Cc1cc(C)c(C=CP(=O)(O)O)c(CC2CCCCC2)c1. The van der Waals surface area contributed by atoms with Gasteiger partial charge in [-0.1, -0.05) is 49.8 Å². The van der Waals surface area contributed by atoms with E-state index >= 15 is 0 Å². The first-order valence-corrected chi connectivity index (χ1v) is 9.38. The maximum atomic E-state index is 11.1. The Morgan fingerprint density at radius 2 is 1.86 bits per heavy atom. The van der Waals surface area contributed by atoms with Gasteiger partial charge in [0.05, 0.1) is 0 Å². The van der Waals surface area contributed by atoms with Crippen LogP contribution in [0.2, 0.25) is 0 Å². The maximum Gasteiger partial charge on any atom is 0.349 e. The molecular formula is C17H25O3P. The molecule has 21 heavy (non-hydrogen) atoms. The molecule has 0 unspecified atom stereocenters.